The summed E-state index contributed by atoms with van der Waals surface area (Å²) in [5.74, 6) is -0.894. The molecule has 0 atom stereocenters. The Labute approximate surface area is 120 Å². The number of hydrogen-bond acceptors (Lipinski definition) is 2. The van der Waals surface area contributed by atoms with Crippen LogP contribution >= 0.6 is 0 Å². The molecule has 0 unspecified atom stereocenters. The van der Waals surface area contributed by atoms with E-state index < -0.39 is 30.0 Å². The SMILES string of the molecule is CC(C)(NC(=O)CCOCC(F)(F)F)c1cccc(F)c1. The second kappa shape index (κ2) is 6.89. The number of amides is 1. The molecule has 1 rings (SSSR count). The maximum Gasteiger partial charge on any atom is 0.411 e. The van der Waals surface area contributed by atoms with Gasteiger partial charge in [0.2, 0.25) is 5.91 Å². The lowest BCUT2D eigenvalue weighted by Crippen LogP contribution is -2.41. The van der Waals surface area contributed by atoms with Gasteiger partial charge in [0.25, 0.3) is 0 Å². The molecule has 0 spiro atoms. The summed E-state index contributed by atoms with van der Waals surface area (Å²) in [6.45, 7) is 1.64. The van der Waals surface area contributed by atoms with Gasteiger partial charge in [-0.15, -0.1) is 0 Å². The summed E-state index contributed by atoms with van der Waals surface area (Å²) in [6, 6.07) is 5.75. The fourth-order valence-electron chi connectivity index (χ4n) is 1.71. The maximum absolute atomic E-state index is 13.2. The predicted octanol–water partition coefficient (Wildman–Crippen LogP) is 3.15. The molecule has 0 aromatic heterocycles. The minimum Gasteiger partial charge on any atom is -0.372 e. The third kappa shape index (κ3) is 6.57. The Kier molecular flexibility index (Phi) is 5.71. The van der Waals surface area contributed by atoms with Gasteiger partial charge in [-0.2, -0.15) is 13.2 Å². The topological polar surface area (TPSA) is 38.3 Å². The van der Waals surface area contributed by atoms with Gasteiger partial charge >= 0.3 is 6.18 Å². The van der Waals surface area contributed by atoms with Crippen molar-refractivity contribution in [2.75, 3.05) is 13.2 Å². The molecule has 0 bridgehead atoms. The number of carbonyl (C=O) groups is 1. The molecule has 0 aliphatic heterocycles. The Hall–Kier alpha value is -1.63. The van der Waals surface area contributed by atoms with Gasteiger partial charge in [0.15, 0.2) is 0 Å². The summed E-state index contributed by atoms with van der Waals surface area (Å²) >= 11 is 0. The van der Waals surface area contributed by atoms with Crippen LogP contribution in [0.5, 0.6) is 0 Å². The van der Waals surface area contributed by atoms with E-state index in [1.165, 1.54) is 18.2 Å². The molecule has 0 saturated carbocycles. The highest BCUT2D eigenvalue weighted by Crippen LogP contribution is 2.21. The normalized spacial score (nSPS) is 12.3. The molecule has 0 fully saturated rings. The Morgan fingerprint density at radius 3 is 2.52 bits per heavy atom. The van der Waals surface area contributed by atoms with E-state index in [0.717, 1.165) is 0 Å². The fraction of sp³-hybridized carbons (Fsp3) is 0.500. The average Bonchev–Trinajstić information content (AvgIpc) is 2.33. The first-order valence-corrected chi connectivity index (χ1v) is 6.32. The number of ether oxygens (including phenoxy) is 1. The predicted molar refractivity (Wildman–Crippen MR) is 69.1 cm³/mol. The molecule has 3 nitrogen and oxygen atoms in total. The molecule has 1 aromatic carbocycles. The lowest BCUT2D eigenvalue weighted by molar-refractivity contribution is -0.174. The van der Waals surface area contributed by atoms with Crippen molar-refractivity contribution in [3.8, 4) is 0 Å². The van der Waals surface area contributed by atoms with Crippen molar-refractivity contribution in [1.82, 2.24) is 5.32 Å². The van der Waals surface area contributed by atoms with Crippen LogP contribution in [0.15, 0.2) is 24.3 Å². The molecule has 0 aliphatic carbocycles. The fourth-order valence-corrected chi connectivity index (χ4v) is 1.71. The number of nitrogens with one attached hydrogen (secondary N) is 1. The summed E-state index contributed by atoms with van der Waals surface area (Å²) in [5, 5.41) is 2.63. The quantitative estimate of drug-likeness (QED) is 0.647. The number of rotatable bonds is 6. The Balaban J connectivity index is 2.46. The molecule has 0 radical (unpaired) electrons. The molecule has 1 amide bonds. The molecule has 118 valence electrons. The lowest BCUT2D eigenvalue weighted by Gasteiger charge is -2.27. The van der Waals surface area contributed by atoms with Crippen molar-refractivity contribution in [2.24, 2.45) is 0 Å². The van der Waals surface area contributed by atoms with Crippen molar-refractivity contribution in [2.45, 2.75) is 32.0 Å². The highest BCUT2D eigenvalue weighted by atomic mass is 19.4. The van der Waals surface area contributed by atoms with Crippen LogP contribution in [0.25, 0.3) is 0 Å². The van der Waals surface area contributed by atoms with Crippen LogP contribution in [0, 0.1) is 5.82 Å². The number of halogens is 4. The van der Waals surface area contributed by atoms with Gasteiger partial charge in [-0.3, -0.25) is 4.79 Å². The monoisotopic (exact) mass is 307 g/mol. The molecular weight excluding hydrogens is 290 g/mol. The van der Waals surface area contributed by atoms with Crippen LogP contribution in [-0.4, -0.2) is 25.3 Å². The summed E-state index contributed by atoms with van der Waals surface area (Å²) < 4.78 is 53.1. The summed E-state index contributed by atoms with van der Waals surface area (Å²) in [4.78, 5) is 11.7. The first-order valence-electron chi connectivity index (χ1n) is 6.32. The first kappa shape index (κ1) is 17.4. The largest absolute Gasteiger partial charge is 0.411 e. The minimum absolute atomic E-state index is 0.200. The van der Waals surface area contributed by atoms with Crippen molar-refractivity contribution >= 4 is 5.91 Å². The van der Waals surface area contributed by atoms with Crippen LogP contribution in [0.1, 0.15) is 25.8 Å². The number of alkyl halides is 3. The van der Waals surface area contributed by atoms with E-state index in [4.69, 9.17) is 0 Å². The average molecular weight is 307 g/mol. The van der Waals surface area contributed by atoms with E-state index in [0.29, 0.717) is 5.56 Å². The standard InChI is InChI=1S/C14H17F4NO2/c1-13(2,10-4-3-5-11(15)8-10)19-12(20)6-7-21-9-14(16,17)18/h3-5,8H,6-7,9H2,1-2H3,(H,19,20). The van der Waals surface area contributed by atoms with E-state index in [2.05, 4.69) is 10.1 Å². The molecule has 7 heteroatoms. The Morgan fingerprint density at radius 1 is 1.29 bits per heavy atom. The number of benzene rings is 1. The molecule has 0 aliphatic rings. The second-order valence-corrected chi connectivity index (χ2v) is 5.10. The number of hydrogen-bond donors (Lipinski definition) is 1. The lowest BCUT2D eigenvalue weighted by atomic mass is 9.94. The molecule has 1 N–H and O–H groups in total. The van der Waals surface area contributed by atoms with E-state index in [9.17, 15) is 22.4 Å². The minimum atomic E-state index is -4.41. The van der Waals surface area contributed by atoms with Crippen LogP contribution < -0.4 is 5.32 Å². The van der Waals surface area contributed by atoms with Crippen LogP contribution in [-0.2, 0) is 15.1 Å². The van der Waals surface area contributed by atoms with Crippen molar-refractivity contribution < 1.29 is 27.1 Å². The van der Waals surface area contributed by atoms with Crippen molar-refractivity contribution in [3.05, 3.63) is 35.6 Å². The third-order valence-corrected chi connectivity index (χ3v) is 2.74. The summed E-state index contributed by atoms with van der Waals surface area (Å²) in [6.07, 6.45) is -4.61. The van der Waals surface area contributed by atoms with Gasteiger partial charge in [-0.25, -0.2) is 4.39 Å². The Bertz CT molecular complexity index is 486. The van der Waals surface area contributed by atoms with E-state index in [-0.39, 0.29) is 13.0 Å². The zero-order valence-electron chi connectivity index (χ0n) is 11.8. The van der Waals surface area contributed by atoms with E-state index >= 15 is 0 Å². The van der Waals surface area contributed by atoms with Crippen LogP contribution in [0.4, 0.5) is 17.6 Å². The molecular formula is C14H17F4NO2. The summed E-state index contributed by atoms with van der Waals surface area (Å²) in [5.41, 5.74) is -0.268. The molecule has 0 heterocycles. The van der Waals surface area contributed by atoms with Gasteiger partial charge in [0.1, 0.15) is 12.4 Å². The summed E-state index contributed by atoms with van der Waals surface area (Å²) in [7, 11) is 0. The first-order chi connectivity index (χ1) is 9.60. The molecule has 21 heavy (non-hydrogen) atoms. The van der Waals surface area contributed by atoms with Crippen LogP contribution in [0.2, 0.25) is 0 Å². The zero-order chi connectivity index (χ0) is 16.1. The van der Waals surface area contributed by atoms with Crippen molar-refractivity contribution in [3.63, 3.8) is 0 Å². The van der Waals surface area contributed by atoms with E-state index in [1.807, 2.05) is 0 Å². The highest BCUT2D eigenvalue weighted by Gasteiger charge is 2.28. The zero-order valence-corrected chi connectivity index (χ0v) is 11.8. The van der Waals surface area contributed by atoms with Gasteiger partial charge in [-0.1, -0.05) is 12.1 Å². The van der Waals surface area contributed by atoms with Crippen molar-refractivity contribution in [1.29, 1.82) is 0 Å². The van der Waals surface area contributed by atoms with Gasteiger partial charge in [0.05, 0.1) is 12.1 Å². The second-order valence-electron chi connectivity index (χ2n) is 5.10. The molecule has 0 saturated heterocycles. The number of carbonyl (C=O) groups excluding carboxylic acids is 1. The Morgan fingerprint density at radius 2 is 1.95 bits per heavy atom. The molecule has 1 aromatic rings. The third-order valence-electron chi connectivity index (χ3n) is 2.74. The smallest absolute Gasteiger partial charge is 0.372 e. The van der Waals surface area contributed by atoms with Gasteiger partial charge in [-0.05, 0) is 31.5 Å². The van der Waals surface area contributed by atoms with Crippen LogP contribution in [0.3, 0.4) is 0 Å². The maximum atomic E-state index is 13.2. The van der Waals surface area contributed by atoms with E-state index in [1.54, 1.807) is 19.9 Å². The highest BCUT2D eigenvalue weighted by molar-refractivity contribution is 5.77. The van der Waals surface area contributed by atoms with Gasteiger partial charge < -0.3 is 10.1 Å². The van der Waals surface area contributed by atoms with Gasteiger partial charge in [0, 0.05) is 6.42 Å².